The lowest BCUT2D eigenvalue weighted by Crippen LogP contribution is -1.94. The Labute approximate surface area is 184 Å². The molecular formula is C26H20N2O4. The molecule has 2 aromatic heterocycles. The summed E-state index contributed by atoms with van der Waals surface area (Å²) < 4.78 is 10.1. The fourth-order valence-electron chi connectivity index (χ4n) is 2.95. The van der Waals surface area contributed by atoms with E-state index in [2.05, 4.69) is 10.6 Å². The Morgan fingerprint density at radius 2 is 1.00 bits per heavy atom. The second-order valence-corrected chi connectivity index (χ2v) is 6.79. The Morgan fingerprint density at radius 3 is 1.34 bits per heavy atom. The molecule has 0 aliphatic rings. The number of hydrogen-bond donors (Lipinski definition) is 2. The number of carbonyl (C=O) groups is 2. The monoisotopic (exact) mass is 424 g/mol. The molecule has 0 aliphatic carbocycles. The van der Waals surface area contributed by atoms with Gasteiger partial charge in [-0.25, -0.2) is 0 Å². The molecule has 0 spiro atoms. The van der Waals surface area contributed by atoms with E-state index in [1.165, 1.54) is 24.7 Å². The van der Waals surface area contributed by atoms with Crippen molar-refractivity contribution >= 4 is 22.9 Å². The summed E-state index contributed by atoms with van der Waals surface area (Å²) in [6.07, 6.45) is 8.96. The maximum Gasteiger partial charge on any atom is 0.222 e. The minimum atomic E-state index is -0.201. The summed E-state index contributed by atoms with van der Waals surface area (Å²) in [6, 6.07) is 22.3. The Hall–Kier alpha value is -4.58. The van der Waals surface area contributed by atoms with Crippen LogP contribution in [0.3, 0.4) is 0 Å². The van der Waals surface area contributed by atoms with Crippen LogP contribution in [0.4, 0.5) is 11.4 Å². The van der Waals surface area contributed by atoms with Gasteiger partial charge < -0.3 is 19.5 Å². The van der Waals surface area contributed by atoms with Gasteiger partial charge in [-0.2, -0.15) is 0 Å². The summed E-state index contributed by atoms with van der Waals surface area (Å²) in [4.78, 5) is 23.7. The zero-order valence-electron chi connectivity index (χ0n) is 17.0. The number of ketones is 2. The highest BCUT2D eigenvalue weighted by Gasteiger charge is 2.04. The molecule has 32 heavy (non-hydrogen) atoms. The van der Waals surface area contributed by atoms with Crippen molar-refractivity contribution in [2.45, 2.75) is 0 Å². The van der Waals surface area contributed by atoms with Gasteiger partial charge in [0.05, 0.1) is 12.5 Å². The molecule has 2 aromatic carbocycles. The number of allylic oxidation sites excluding steroid dienone is 2. The molecule has 0 aliphatic heterocycles. The molecule has 0 saturated heterocycles. The van der Waals surface area contributed by atoms with Crippen molar-refractivity contribution in [3.05, 3.63) is 121 Å². The Morgan fingerprint density at radius 1 is 0.594 bits per heavy atom. The Kier molecular flexibility index (Phi) is 6.43. The van der Waals surface area contributed by atoms with Crippen molar-refractivity contribution in [2.24, 2.45) is 0 Å². The summed E-state index contributed by atoms with van der Waals surface area (Å²) >= 11 is 0. The molecule has 6 nitrogen and oxygen atoms in total. The van der Waals surface area contributed by atoms with Crippen molar-refractivity contribution in [1.29, 1.82) is 0 Å². The van der Waals surface area contributed by atoms with Crippen LogP contribution in [0.1, 0.15) is 21.1 Å². The molecule has 4 rings (SSSR count). The minimum absolute atomic E-state index is 0.201. The third kappa shape index (κ3) is 5.31. The number of furan rings is 2. The second-order valence-electron chi connectivity index (χ2n) is 6.79. The van der Waals surface area contributed by atoms with E-state index in [1.807, 2.05) is 48.5 Å². The molecule has 6 heteroatoms. The maximum atomic E-state index is 11.9. The lowest BCUT2D eigenvalue weighted by Gasteiger charge is -2.06. The summed E-state index contributed by atoms with van der Waals surface area (Å²) in [5.41, 5.74) is 3.84. The van der Waals surface area contributed by atoms with Gasteiger partial charge in [0, 0.05) is 35.9 Å². The number of nitrogens with one attached hydrogen (secondary N) is 2. The normalized spacial score (nSPS) is 11.1. The zero-order chi connectivity index (χ0) is 22.2. The van der Waals surface area contributed by atoms with Gasteiger partial charge in [0.2, 0.25) is 11.6 Å². The quantitative estimate of drug-likeness (QED) is 0.247. The van der Waals surface area contributed by atoms with E-state index in [0.717, 1.165) is 22.5 Å². The Bertz CT molecular complexity index is 1120. The average Bonchev–Trinajstić information content (AvgIpc) is 3.55. The molecule has 0 radical (unpaired) electrons. The molecule has 0 unspecified atom stereocenters. The summed E-state index contributed by atoms with van der Waals surface area (Å²) in [5, 5.41) is 6.15. The van der Waals surface area contributed by atoms with Crippen molar-refractivity contribution < 1.29 is 18.4 Å². The fraction of sp³-hybridized carbons (Fsp3) is 0. The predicted molar refractivity (Wildman–Crippen MR) is 123 cm³/mol. The lowest BCUT2D eigenvalue weighted by atomic mass is 10.1. The van der Waals surface area contributed by atoms with Gasteiger partial charge in [-0.15, -0.1) is 0 Å². The smallest absolute Gasteiger partial charge is 0.222 e. The van der Waals surface area contributed by atoms with Crippen LogP contribution in [0.25, 0.3) is 11.1 Å². The summed E-state index contributed by atoms with van der Waals surface area (Å²) in [6.45, 7) is 0. The molecule has 0 atom stereocenters. The molecule has 0 saturated carbocycles. The lowest BCUT2D eigenvalue weighted by molar-refractivity contribution is 0.101. The summed E-state index contributed by atoms with van der Waals surface area (Å²) in [7, 11) is 0. The van der Waals surface area contributed by atoms with Crippen molar-refractivity contribution in [2.75, 3.05) is 10.6 Å². The third-order valence-corrected chi connectivity index (χ3v) is 4.60. The van der Waals surface area contributed by atoms with E-state index in [4.69, 9.17) is 8.83 Å². The van der Waals surface area contributed by atoms with E-state index in [0.29, 0.717) is 11.5 Å². The molecular weight excluding hydrogens is 404 g/mol. The van der Waals surface area contributed by atoms with Gasteiger partial charge in [-0.1, -0.05) is 24.3 Å². The largest absolute Gasteiger partial charge is 0.461 e. The van der Waals surface area contributed by atoms with Crippen LogP contribution in [0, 0.1) is 0 Å². The standard InChI is InChI=1S/C26H20N2O4/c29-23(25-3-1-17-31-25)13-15-27-21-9-5-19(6-10-21)20-7-11-22(12-8-20)28-16-14-24(30)26-4-2-18-32-26/h1-18,27-28H. The second kappa shape index (κ2) is 9.95. The molecule has 0 bridgehead atoms. The van der Waals surface area contributed by atoms with Gasteiger partial charge in [-0.3, -0.25) is 9.59 Å². The maximum absolute atomic E-state index is 11.9. The van der Waals surface area contributed by atoms with Crippen molar-refractivity contribution in [1.82, 2.24) is 0 Å². The highest BCUT2D eigenvalue weighted by atomic mass is 16.3. The summed E-state index contributed by atoms with van der Waals surface area (Å²) in [5.74, 6) is 0.202. The molecule has 158 valence electrons. The highest BCUT2D eigenvalue weighted by Crippen LogP contribution is 2.23. The van der Waals surface area contributed by atoms with Crippen LogP contribution < -0.4 is 10.6 Å². The fourth-order valence-corrected chi connectivity index (χ4v) is 2.95. The first-order chi connectivity index (χ1) is 15.7. The number of rotatable bonds is 9. The van der Waals surface area contributed by atoms with Gasteiger partial charge in [-0.05, 0) is 59.7 Å². The molecule has 4 aromatic rings. The highest BCUT2D eigenvalue weighted by molar-refractivity contribution is 6.02. The number of carbonyl (C=O) groups excluding carboxylic acids is 2. The van der Waals surface area contributed by atoms with E-state index in [-0.39, 0.29) is 11.6 Å². The molecule has 0 fully saturated rings. The number of anilines is 2. The molecule has 0 amide bonds. The first-order valence-corrected chi connectivity index (χ1v) is 9.91. The molecule has 2 N–H and O–H groups in total. The van der Waals surface area contributed by atoms with Gasteiger partial charge >= 0.3 is 0 Å². The van der Waals surface area contributed by atoms with Crippen LogP contribution >= 0.6 is 0 Å². The average molecular weight is 424 g/mol. The Balaban J connectivity index is 1.31. The van der Waals surface area contributed by atoms with Gasteiger partial charge in [0.1, 0.15) is 0 Å². The zero-order valence-corrected chi connectivity index (χ0v) is 17.0. The minimum Gasteiger partial charge on any atom is -0.461 e. The van der Waals surface area contributed by atoms with Gasteiger partial charge in [0.15, 0.2) is 11.5 Å². The van der Waals surface area contributed by atoms with Crippen LogP contribution in [0.2, 0.25) is 0 Å². The SMILES string of the molecule is O=C(C=CNc1ccc(-c2ccc(NC=CC(=O)c3ccco3)cc2)cc1)c1ccco1. The first kappa shape index (κ1) is 20.7. The predicted octanol–water partition coefficient (Wildman–Crippen LogP) is 6.16. The van der Waals surface area contributed by atoms with Crippen LogP contribution in [0.15, 0.2) is 119 Å². The molecule has 2 heterocycles. The van der Waals surface area contributed by atoms with Crippen LogP contribution in [-0.4, -0.2) is 11.6 Å². The number of hydrogen-bond acceptors (Lipinski definition) is 6. The van der Waals surface area contributed by atoms with Crippen molar-refractivity contribution in [3.63, 3.8) is 0 Å². The van der Waals surface area contributed by atoms with Crippen LogP contribution in [0.5, 0.6) is 0 Å². The third-order valence-electron chi connectivity index (χ3n) is 4.60. The van der Waals surface area contributed by atoms with Gasteiger partial charge in [0.25, 0.3) is 0 Å². The van der Waals surface area contributed by atoms with E-state index in [9.17, 15) is 9.59 Å². The van der Waals surface area contributed by atoms with E-state index < -0.39 is 0 Å². The van der Waals surface area contributed by atoms with Crippen molar-refractivity contribution in [3.8, 4) is 11.1 Å². The van der Waals surface area contributed by atoms with Crippen LogP contribution in [-0.2, 0) is 0 Å². The number of benzene rings is 2. The topological polar surface area (TPSA) is 84.5 Å². The van der Waals surface area contributed by atoms with E-state index >= 15 is 0 Å². The first-order valence-electron chi connectivity index (χ1n) is 9.91. The van der Waals surface area contributed by atoms with E-state index in [1.54, 1.807) is 36.7 Å².